The molecule has 0 rings (SSSR count). The van der Waals surface area contributed by atoms with Gasteiger partial charge in [0, 0.05) is 0 Å². The molecule has 0 heterocycles. The molecule has 0 bridgehead atoms. The van der Waals surface area contributed by atoms with Gasteiger partial charge < -0.3 is 0 Å². The van der Waals surface area contributed by atoms with E-state index in [4.69, 9.17) is 0 Å². The molecule has 0 radical (unpaired) electrons. The van der Waals surface area contributed by atoms with Gasteiger partial charge in [-0.2, -0.15) is 0 Å². The van der Waals surface area contributed by atoms with Crippen molar-refractivity contribution in [1.82, 2.24) is 0 Å². The summed E-state index contributed by atoms with van der Waals surface area (Å²) in [5.74, 6) is 0. The minimum absolute atomic E-state index is 1.18. The van der Waals surface area contributed by atoms with Crippen LogP contribution in [0.2, 0.25) is 0 Å². The molecule has 0 amide bonds. The highest BCUT2D eigenvalue weighted by Crippen LogP contribution is 1.90. The fraction of sp³-hybridized carbons (Fsp3) is 0.500. The Balaban J connectivity index is 2.93. The van der Waals surface area contributed by atoms with Crippen LogP contribution < -0.4 is 0 Å². The fourth-order valence-electron chi connectivity index (χ4n) is 0.526. The Morgan fingerprint density at radius 1 is 0.875 bits per heavy atom. The molecule has 0 aliphatic heterocycles. The molecule has 0 unspecified atom stereocenters. The number of hydrogen-bond donors (Lipinski definition) is 0. The van der Waals surface area contributed by atoms with E-state index >= 15 is 0 Å². The van der Waals surface area contributed by atoms with Crippen LogP contribution in [0.1, 0.15) is 26.7 Å². The maximum Gasteiger partial charge on any atom is -0.0316 e. The summed E-state index contributed by atoms with van der Waals surface area (Å²) in [6.07, 6.45) is 10.9. The van der Waals surface area contributed by atoms with Crippen molar-refractivity contribution >= 4 is 0 Å². The van der Waals surface area contributed by atoms with E-state index in [1.165, 1.54) is 12.8 Å². The molecule has 0 aliphatic carbocycles. The number of rotatable bonds is 3. The summed E-state index contributed by atoms with van der Waals surface area (Å²) in [5, 5.41) is 0. The Hall–Kier alpha value is -0.520. The largest absolute Gasteiger partial charge is 0.0917 e. The van der Waals surface area contributed by atoms with E-state index in [1.54, 1.807) is 0 Å². The minimum atomic E-state index is 1.18. The molecule has 0 aliphatic rings. The summed E-state index contributed by atoms with van der Waals surface area (Å²) in [5.41, 5.74) is 0. The normalized spacial score (nSPS) is 11.8. The van der Waals surface area contributed by atoms with E-state index in [9.17, 15) is 0 Å². The van der Waals surface area contributed by atoms with Gasteiger partial charge in [0.2, 0.25) is 0 Å². The van der Waals surface area contributed by atoms with Crippen molar-refractivity contribution in [3.8, 4) is 0 Å². The van der Waals surface area contributed by atoms with Crippen LogP contribution in [0.15, 0.2) is 24.3 Å². The number of hydrogen-bond acceptors (Lipinski definition) is 0. The summed E-state index contributed by atoms with van der Waals surface area (Å²) in [6, 6.07) is 0. The van der Waals surface area contributed by atoms with Crippen molar-refractivity contribution in [3.05, 3.63) is 24.3 Å². The van der Waals surface area contributed by atoms with Crippen molar-refractivity contribution in [2.45, 2.75) is 26.7 Å². The van der Waals surface area contributed by atoms with Crippen LogP contribution in [-0.2, 0) is 0 Å². The SMILES string of the molecule is CC=CCC/C=C\C. The van der Waals surface area contributed by atoms with Crippen molar-refractivity contribution in [2.24, 2.45) is 0 Å². The lowest BCUT2D eigenvalue weighted by molar-refractivity contribution is 1.05. The van der Waals surface area contributed by atoms with Crippen molar-refractivity contribution < 1.29 is 0 Å². The molecule has 0 saturated carbocycles. The van der Waals surface area contributed by atoms with Crippen LogP contribution in [-0.4, -0.2) is 0 Å². The van der Waals surface area contributed by atoms with Crippen LogP contribution in [0.4, 0.5) is 0 Å². The number of allylic oxidation sites excluding steroid dienone is 4. The first kappa shape index (κ1) is 7.48. The number of unbranched alkanes of at least 4 members (excludes halogenated alkanes) is 1. The highest BCUT2D eigenvalue weighted by Gasteiger charge is 1.70. The third-order valence-electron chi connectivity index (χ3n) is 0.971. The van der Waals surface area contributed by atoms with Crippen LogP contribution in [0, 0.1) is 0 Å². The summed E-state index contributed by atoms with van der Waals surface area (Å²) in [7, 11) is 0. The Bertz CT molecular complexity index is 66.0. The smallest absolute Gasteiger partial charge is 0.0316 e. The zero-order chi connectivity index (χ0) is 6.24. The maximum absolute atomic E-state index is 2.18. The van der Waals surface area contributed by atoms with Gasteiger partial charge in [0.15, 0.2) is 0 Å². The lowest BCUT2D eigenvalue weighted by atomic mass is 10.3. The molecule has 0 aromatic carbocycles. The molecule has 46 valence electrons. The predicted octanol–water partition coefficient (Wildman–Crippen LogP) is 2.92. The van der Waals surface area contributed by atoms with Gasteiger partial charge in [-0.1, -0.05) is 24.3 Å². The monoisotopic (exact) mass is 110 g/mol. The van der Waals surface area contributed by atoms with Gasteiger partial charge in [0.25, 0.3) is 0 Å². The van der Waals surface area contributed by atoms with Gasteiger partial charge in [-0.05, 0) is 26.7 Å². The summed E-state index contributed by atoms with van der Waals surface area (Å²) < 4.78 is 0. The molecule has 0 aromatic heterocycles. The molecule has 0 fully saturated rings. The topological polar surface area (TPSA) is 0 Å². The Morgan fingerprint density at radius 2 is 1.25 bits per heavy atom. The molecule has 0 nitrogen and oxygen atoms in total. The van der Waals surface area contributed by atoms with Crippen LogP contribution in [0.5, 0.6) is 0 Å². The Morgan fingerprint density at radius 3 is 1.50 bits per heavy atom. The zero-order valence-corrected chi connectivity index (χ0v) is 5.72. The van der Waals surface area contributed by atoms with Crippen molar-refractivity contribution in [2.75, 3.05) is 0 Å². The first-order chi connectivity index (χ1) is 3.91. The Kier molecular flexibility index (Phi) is 6.06. The second-order valence-corrected chi connectivity index (χ2v) is 1.72. The summed E-state index contributed by atoms with van der Waals surface area (Å²) >= 11 is 0. The van der Waals surface area contributed by atoms with E-state index in [2.05, 4.69) is 38.2 Å². The van der Waals surface area contributed by atoms with Crippen molar-refractivity contribution in [3.63, 3.8) is 0 Å². The third-order valence-corrected chi connectivity index (χ3v) is 0.971. The van der Waals surface area contributed by atoms with Gasteiger partial charge in [-0.25, -0.2) is 0 Å². The minimum Gasteiger partial charge on any atom is -0.0917 e. The average molecular weight is 110 g/mol. The van der Waals surface area contributed by atoms with Gasteiger partial charge in [0.05, 0.1) is 0 Å². The third kappa shape index (κ3) is 5.48. The second kappa shape index (κ2) is 6.48. The van der Waals surface area contributed by atoms with Crippen LogP contribution in [0.3, 0.4) is 0 Å². The highest BCUT2D eigenvalue weighted by atomic mass is 13.8. The summed E-state index contributed by atoms with van der Waals surface area (Å²) in [6.45, 7) is 4.10. The lowest BCUT2D eigenvalue weighted by Crippen LogP contribution is -1.60. The quantitative estimate of drug-likeness (QED) is 0.387. The van der Waals surface area contributed by atoms with E-state index in [1.807, 2.05) is 0 Å². The zero-order valence-electron chi connectivity index (χ0n) is 5.72. The Labute approximate surface area is 51.9 Å². The van der Waals surface area contributed by atoms with E-state index < -0.39 is 0 Å². The van der Waals surface area contributed by atoms with Crippen LogP contribution in [0.25, 0.3) is 0 Å². The molecule has 0 heteroatoms. The van der Waals surface area contributed by atoms with E-state index in [-0.39, 0.29) is 0 Å². The molecule has 0 saturated heterocycles. The van der Waals surface area contributed by atoms with Gasteiger partial charge >= 0.3 is 0 Å². The fourth-order valence-corrected chi connectivity index (χ4v) is 0.526. The molecule has 0 spiro atoms. The molecule has 0 atom stereocenters. The van der Waals surface area contributed by atoms with E-state index in [0.717, 1.165) is 0 Å². The molecular weight excluding hydrogens is 96.1 g/mol. The molecular formula is C8H14. The second-order valence-electron chi connectivity index (χ2n) is 1.72. The average Bonchev–Trinajstić information content (AvgIpc) is 1.81. The predicted molar refractivity (Wildman–Crippen MR) is 38.9 cm³/mol. The lowest BCUT2D eigenvalue weighted by Gasteiger charge is -1.81. The molecule has 0 N–H and O–H groups in total. The highest BCUT2D eigenvalue weighted by molar-refractivity contribution is 4.83. The first-order valence-corrected chi connectivity index (χ1v) is 3.14. The summed E-state index contributed by atoms with van der Waals surface area (Å²) in [4.78, 5) is 0. The van der Waals surface area contributed by atoms with Gasteiger partial charge in [-0.3, -0.25) is 0 Å². The van der Waals surface area contributed by atoms with Crippen molar-refractivity contribution in [1.29, 1.82) is 0 Å². The van der Waals surface area contributed by atoms with E-state index in [0.29, 0.717) is 0 Å². The molecule has 8 heavy (non-hydrogen) atoms. The van der Waals surface area contributed by atoms with Crippen LogP contribution >= 0.6 is 0 Å². The maximum atomic E-state index is 2.18. The van der Waals surface area contributed by atoms with Gasteiger partial charge in [0.1, 0.15) is 0 Å². The standard InChI is InChI=1S/C8H14/c1-3-5-7-8-6-4-2/h3-6H,7-8H2,1-2H3/b5-3-,6-4?. The first-order valence-electron chi connectivity index (χ1n) is 3.14. The van der Waals surface area contributed by atoms with Gasteiger partial charge in [-0.15, -0.1) is 0 Å². The molecule has 0 aromatic rings.